The number of rotatable bonds is 6. The number of ether oxygens (including phenoxy) is 2. The molecule has 1 rings (SSSR count). The van der Waals surface area contributed by atoms with Crippen LogP contribution in [0.3, 0.4) is 0 Å². The lowest BCUT2D eigenvalue weighted by atomic mass is 9.91. The standard InChI is InChI=1S/C14H16O5/c1-8(15)13(9(2)16)14(17)10-5-6-11(18-3)12(7-10)19-4/h5-7,13H,1-4H3. The summed E-state index contributed by atoms with van der Waals surface area (Å²) in [7, 11) is 2.92. The molecule has 0 aliphatic carbocycles. The Morgan fingerprint density at radius 1 is 0.947 bits per heavy atom. The van der Waals surface area contributed by atoms with Gasteiger partial charge in [-0.05, 0) is 32.0 Å². The van der Waals surface area contributed by atoms with Crippen molar-refractivity contribution < 1.29 is 23.9 Å². The Labute approximate surface area is 111 Å². The van der Waals surface area contributed by atoms with Crippen molar-refractivity contribution in [2.45, 2.75) is 13.8 Å². The molecule has 1 aromatic rings. The van der Waals surface area contributed by atoms with E-state index in [9.17, 15) is 14.4 Å². The second-order valence-electron chi connectivity index (χ2n) is 4.09. The van der Waals surface area contributed by atoms with Gasteiger partial charge in [0.05, 0.1) is 14.2 Å². The van der Waals surface area contributed by atoms with E-state index in [1.54, 1.807) is 6.07 Å². The summed E-state index contributed by atoms with van der Waals surface area (Å²) in [5, 5.41) is 0. The van der Waals surface area contributed by atoms with Gasteiger partial charge in [-0.3, -0.25) is 14.4 Å². The molecule has 0 fully saturated rings. The van der Waals surface area contributed by atoms with Crippen LogP contribution in [0.5, 0.6) is 11.5 Å². The van der Waals surface area contributed by atoms with Gasteiger partial charge in [-0.2, -0.15) is 0 Å². The molecule has 0 saturated heterocycles. The predicted octanol–water partition coefficient (Wildman–Crippen LogP) is 1.68. The number of methoxy groups -OCH3 is 2. The summed E-state index contributed by atoms with van der Waals surface area (Å²) < 4.78 is 10.1. The summed E-state index contributed by atoms with van der Waals surface area (Å²) in [5.74, 6) is -1.86. The lowest BCUT2D eigenvalue weighted by molar-refractivity contribution is -0.128. The van der Waals surface area contributed by atoms with E-state index < -0.39 is 23.3 Å². The molecule has 5 nitrogen and oxygen atoms in total. The first-order valence-corrected chi connectivity index (χ1v) is 5.69. The third kappa shape index (κ3) is 3.19. The van der Waals surface area contributed by atoms with Crippen LogP contribution in [-0.2, 0) is 9.59 Å². The molecule has 0 aliphatic heterocycles. The van der Waals surface area contributed by atoms with E-state index in [-0.39, 0.29) is 5.56 Å². The Balaban J connectivity index is 3.19. The van der Waals surface area contributed by atoms with Crippen LogP contribution in [0.25, 0.3) is 0 Å². The average Bonchev–Trinajstić information content (AvgIpc) is 2.36. The van der Waals surface area contributed by atoms with Crippen LogP contribution in [0.15, 0.2) is 18.2 Å². The molecule has 0 radical (unpaired) electrons. The molecule has 0 spiro atoms. The van der Waals surface area contributed by atoms with Gasteiger partial charge in [0.15, 0.2) is 17.3 Å². The van der Waals surface area contributed by atoms with Crippen molar-refractivity contribution in [3.05, 3.63) is 23.8 Å². The van der Waals surface area contributed by atoms with Gasteiger partial charge in [-0.15, -0.1) is 0 Å². The maximum Gasteiger partial charge on any atom is 0.180 e. The molecule has 0 saturated carbocycles. The fraction of sp³-hybridized carbons (Fsp3) is 0.357. The molecule has 0 aliphatic rings. The molecule has 5 heteroatoms. The number of carbonyl (C=O) groups excluding carboxylic acids is 3. The quantitative estimate of drug-likeness (QED) is 0.577. The van der Waals surface area contributed by atoms with Crippen molar-refractivity contribution in [3.63, 3.8) is 0 Å². The third-order valence-corrected chi connectivity index (χ3v) is 2.74. The van der Waals surface area contributed by atoms with E-state index in [1.807, 2.05) is 0 Å². The maximum absolute atomic E-state index is 12.2. The van der Waals surface area contributed by atoms with Crippen molar-refractivity contribution in [2.24, 2.45) is 5.92 Å². The summed E-state index contributed by atoms with van der Waals surface area (Å²) in [6.45, 7) is 2.45. The molecule has 0 amide bonds. The van der Waals surface area contributed by atoms with Crippen molar-refractivity contribution in [1.29, 1.82) is 0 Å². The molecule has 0 unspecified atom stereocenters. The van der Waals surface area contributed by atoms with E-state index in [0.717, 1.165) is 0 Å². The number of benzene rings is 1. The van der Waals surface area contributed by atoms with Gasteiger partial charge in [0.1, 0.15) is 17.5 Å². The molecule has 19 heavy (non-hydrogen) atoms. The predicted molar refractivity (Wildman–Crippen MR) is 68.7 cm³/mol. The van der Waals surface area contributed by atoms with Gasteiger partial charge in [0.25, 0.3) is 0 Å². The smallest absolute Gasteiger partial charge is 0.180 e. The zero-order valence-electron chi connectivity index (χ0n) is 11.4. The topological polar surface area (TPSA) is 69.7 Å². The van der Waals surface area contributed by atoms with Crippen molar-refractivity contribution in [3.8, 4) is 11.5 Å². The van der Waals surface area contributed by atoms with Crippen LogP contribution >= 0.6 is 0 Å². The van der Waals surface area contributed by atoms with Crippen molar-refractivity contribution >= 4 is 17.3 Å². The summed E-state index contributed by atoms with van der Waals surface area (Å²) in [6.07, 6.45) is 0. The highest BCUT2D eigenvalue weighted by atomic mass is 16.5. The molecule has 0 aromatic heterocycles. The summed E-state index contributed by atoms with van der Waals surface area (Å²) in [6, 6.07) is 4.52. The molecular formula is C14H16O5. The summed E-state index contributed by atoms with van der Waals surface area (Å²) >= 11 is 0. The van der Waals surface area contributed by atoms with Gasteiger partial charge in [0.2, 0.25) is 0 Å². The average molecular weight is 264 g/mol. The lowest BCUT2D eigenvalue weighted by Crippen LogP contribution is -2.28. The van der Waals surface area contributed by atoms with Crippen LogP contribution in [-0.4, -0.2) is 31.6 Å². The highest BCUT2D eigenvalue weighted by Gasteiger charge is 2.29. The summed E-state index contributed by atoms with van der Waals surface area (Å²) in [5.41, 5.74) is 0.244. The maximum atomic E-state index is 12.2. The minimum absolute atomic E-state index is 0.244. The van der Waals surface area contributed by atoms with E-state index in [2.05, 4.69) is 0 Å². The molecule has 1 aromatic carbocycles. The van der Waals surface area contributed by atoms with E-state index >= 15 is 0 Å². The molecule has 0 atom stereocenters. The largest absolute Gasteiger partial charge is 0.493 e. The Morgan fingerprint density at radius 2 is 1.47 bits per heavy atom. The van der Waals surface area contributed by atoms with Gasteiger partial charge in [-0.25, -0.2) is 0 Å². The minimum atomic E-state index is -1.25. The molecule has 0 bridgehead atoms. The SMILES string of the molecule is COc1ccc(C(=O)C(C(C)=O)C(C)=O)cc1OC. The molecule has 0 N–H and O–H groups in total. The highest BCUT2D eigenvalue weighted by molar-refractivity contribution is 6.23. The van der Waals surface area contributed by atoms with Crippen LogP contribution < -0.4 is 9.47 Å². The van der Waals surface area contributed by atoms with Crippen molar-refractivity contribution in [1.82, 2.24) is 0 Å². The first kappa shape index (κ1) is 14.9. The van der Waals surface area contributed by atoms with Crippen LogP contribution in [0.1, 0.15) is 24.2 Å². The number of hydrogen-bond donors (Lipinski definition) is 0. The zero-order chi connectivity index (χ0) is 14.6. The van der Waals surface area contributed by atoms with E-state index in [0.29, 0.717) is 11.5 Å². The molecule has 0 heterocycles. The van der Waals surface area contributed by atoms with E-state index in [1.165, 1.54) is 40.2 Å². The highest BCUT2D eigenvalue weighted by Crippen LogP contribution is 2.28. The van der Waals surface area contributed by atoms with Crippen LogP contribution in [0.2, 0.25) is 0 Å². The number of Topliss-reactive ketones (excluding diaryl/α,β-unsaturated/α-hetero) is 3. The minimum Gasteiger partial charge on any atom is -0.493 e. The Hall–Kier alpha value is -2.17. The zero-order valence-corrected chi connectivity index (χ0v) is 11.4. The Bertz CT molecular complexity index is 505. The second kappa shape index (κ2) is 6.13. The Kier molecular flexibility index (Phi) is 4.80. The van der Waals surface area contributed by atoms with Crippen molar-refractivity contribution in [2.75, 3.05) is 14.2 Å². The summed E-state index contributed by atoms with van der Waals surface area (Å²) in [4.78, 5) is 34.9. The molecular weight excluding hydrogens is 248 g/mol. The first-order valence-electron chi connectivity index (χ1n) is 5.69. The van der Waals surface area contributed by atoms with Gasteiger partial charge in [-0.1, -0.05) is 0 Å². The van der Waals surface area contributed by atoms with Gasteiger partial charge >= 0.3 is 0 Å². The van der Waals surface area contributed by atoms with Gasteiger partial charge in [0, 0.05) is 5.56 Å². The molecule has 102 valence electrons. The third-order valence-electron chi connectivity index (χ3n) is 2.74. The number of hydrogen-bond acceptors (Lipinski definition) is 5. The normalized spacial score (nSPS) is 10.2. The fourth-order valence-corrected chi connectivity index (χ4v) is 1.81. The van der Waals surface area contributed by atoms with Crippen LogP contribution in [0.4, 0.5) is 0 Å². The second-order valence-corrected chi connectivity index (χ2v) is 4.09. The van der Waals surface area contributed by atoms with E-state index in [4.69, 9.17) is 9.47 Å². The lowest BCUT2D eigenvalue weighted by Gasteiger charge is -2.12. The monoisotopic (exact) mass is 264 g/mol. The first-order chi connectivity index (χ1) is 8.92. The fourth-order valence-electron chi connectivity index (χ4n) is 1.81. The number of ketones is 3. The van der Waals surface area contributed by atoms with Gasteiger partial charge < -0.3 is 9.47 Å². The van der Waals surface area contributed by atoms with Crippen LogP contribution in [0, 0.1) is 5.92 Å². The number of carbonyl (C=O) groups is 3. The Morgan fingerprint density at radius 3 is 1.89 bits per heavy atom.